The minimum absolute atomic E-state index is 0.0745. The fraction of sp³-hybridized carbons (Fsp3) is 0.0462. The first kappa shape index (κ1) is 37.1. The van der Waals surface area contributed by atoms with E-state index < -0.39 is 0 Å². The molecule has 1 nitrogen and oxygen atoms in total. The van der Waals surface area contributed by atoms with Gasteiger partial charge in [0.25, 0.3) is 0 Å². The normalized spacial score (nSPS) is 13.1. The van der Waals surface area contributed by atoms with E-state index in [1.807, 2.05) is 0 Å². The van der Waals surface area contributed by atoms with Crippen LogP contribution in [0.25, 0.3) is 126 Å². The van der Waals surface area contributed by atoms with Crippen molar-refractivity contribution in [2.75, 3.05) is 0 Å². The van der Waals surface area contributed by atoms with Crippen LogP contribution >= 0.6 is 0 Å². The fourth-order valence-electron chi connectivity index (χ4n) is 11.4. The summed E-state index contributed by atoms with van der Waals surface area (Å²) in [6.07, 6.45) is 0. The SMILES string of the molecule is CC1(C)c2ccccc2-c2ccc(-c3cc4c5cc6ccc(-c7ccc(-c8ccccc8)cc7)cc6cc5n5c6cc7cc(-c8ccc(-c9ccccc9)cc8)ccc7cc6c(c3)c45)cc21. The molecule has 2 heterocycles. The van der Waals surface area contributed by atoms with Crippen LogP contribution in [0.3, 0.4) is 0 Å². The maximum atomic E-state index is 2.56. The second-order valence-corrected chi connectivity index (χ2v) is 18.9. The largest absolute Gasteiger partial charge is 0.308 e. The van der Waals surface area contributed by atoms with Gasteiger partial charge in [0, 0.05) is 27.0 Å². The lowest BCUT2D eigenvalue weighted by atomic mass is 9.81. The third kappa shape index (κ3) is 5.53. The quantitative estimate of drug-likeness (QED) is 0.163. The molecule has 0 radical (unpaired) electrons. The highest BCUT2D eigenvalue weighted by molar-refractivity contribution is 6.27. The highest BCUT2D eigenvalue weighted by Gasteiger charge is 2.35. The predicted octanol–water partition coefficient (Wildman–Crippen LogP) is 17.8. The molecular formula is C65H43N. The van der Waals surface area contributed by atoms with E-state index in [0.29, 0.717) is 0 Å². The smallest absolute Gasteiger partial charge is 0.0620 e. The summed E-state index contributed by atoms with van der Waals surface area (Å²) in [6.45, 7) is 4.75. The van der Waals surface area contributed by atoms with Crippen molar-refractivity contribution in [3.05, 3.63) is 236 Å². The molecule has 2 aromatic heterocycles. The molecule has 1 aliphatic rings. The van der Waals surface area contributed by atoms with Gasteiger partial charge in [0.2, 0.25) is 0 Å². The maximum Gasteiger partial charge on any atom is 0.0620 e. The van der Waals surface area contributed by atoms with Crippen molar-refractivity contribution in [3.8, 4) is 66.8 Å². The molecule has 0 aliphatic heterocycles. The van der Waals surface area contributed by atoms with Crippen LogP contribution in [-0.4, -0.2) is 4.40 Å². The Morgan fingerprint density at radius 2 is 0.682 bits per heavy atom. The predicted molar refractivity (Wildman–Crippen MR) is 281 cm³/mol. The van der Waals surface area contributed by atoms with E-state index in [-0.39, 0.29) is 5.41 Å². The summed E-state index contributed by atoms with van der Waals surface area (Å²) in [4.78, 5) is 0. The molecule has 0 N–H and O–H groups in total. The van der Waals surface area contributed by atoms with Gasteiger partial charge in [0.15, 0.2) is 0 Å². The number of hydrogen-bond acceptors (Lipinski definition) is 0. The second kappa shape index (κ2) is 13.9. The lowest BCUT2D eigenvalue weighted by Crippen LogP contribution is -2.14. The number of benzene rings is 11. The number of nitrogens with zero attached hydrogens (tertiary/aromatic N) is 1. The molecule has 1 heteroatoms. The molecule has 14 rings (SSSR count). The molecule has 13 aromatic rings. The van der Waals surface area contributed by atoms with Gasteiger partial charge in [0.05, 0.1) is 16.6 Å². The number of rotatable bonds is 5. The average molecular weight is 838 g/mol. The van der Waals surface area contributed by atoms with Gasteiger partial charge in [-0.25, -0.2) is 0 Å². The monoisotopic (exact) mass is 837 g/mol. The average Bonchev–Trinajstić information content (AvgIpc) is 3.95. The van der Waals surface area contributed by atoms with Crippen LogP contribution in [0.1, 0.15) is 25.0 Å². The Hall–Kier alpha value is -8.26. The van der Waals surface area contributed by atoms with Crippen LogP contribution in [0.4, 0.5) is 0 Å². The van der Waals surface area contributed by atoms with E-state index in [1.165, 1.54) is 138 Å². The molecule has 0 unspecified atom stereocenters. The van der Waals surface area contributed by atoms with Gasteiger partial charge in [-0.3, -0.25) is 0 Å². The first-order chi connectivity index (χ1) is 32.4. The molecule has 1 aliphatic carbocycles. The van der Waals surface area contributed by atoms with Crippen LogP contribution in [0.15, 0.2) is 224 Å². The summed E-state index contributed by atoms with van der Waals surface area (Å²) in [6, 6.07) is 84.0. The zero-order valence-electron chi connectivity index (χ0n) is 36.8. The summed E-state index contributed by atoms with van der Waals surface area (Å²) in [5.41, 5.74) is 21.5. The molecule has 308 valence electrons. The summed E-state index contributed by atoms with van der Waals surface area (Å²) in [5, 5.41) is 10.1. The van der Waals surface area contributed by atoms with Crippen molar-refractivity contribution < 1.29 is 0 Å². The standard InChI is InChI=1S/C65H43N/c1-65(2)60-16-10-9-15-54(60)55-30-29-50(37-61(55)65)53-35-58-56-33-48-27-25-46(44-21-17-42(18-22-44)40-11-5-3-6-12-40)31-51(48)38-62(56)66-63-39-52-32-47(26-28-49(52)34-57(63)59(36-53)64(58)66)45-23-19-43(20-24-45)41-13-7-4-8-14-41/h3-39H,1-2H3. The van der Waals surface area contributed by atoms with Crippen molar-refractivity contribution >= 4 is 59.6 Å². The van der Waals surface area contributed by atoms with Crippen LogP contribution in [0.2, 0.25) is 0 Å². The van der Waals surface area contributed by atoms with Gasteiger partial charge >= 0.3 is 0 Å². The fourth-order valence-corrected chi connectivity index (χ4v) is 11.4. The Morgan fingerprint density at radius 3 is 1.21 bits per heavy atom. The lowest BCUT2D eigenvalue weighted by Gasteiger charge is -2.22. The van der Waals surface area contributed by atoms with Gasteiger partial charge < -0.3 is 4.40 Å². The van der Waals surface area contributed by atoms with E-state index in [1.54, 1.807) is 0 Å². The van der Waals surface area contributed by atoms with Crippen LogP contribution in [0, 0.1) is 0 Å². The number of aromatic nitrogens is 1. The second-order valence-electron chi connectivity index (χ2n) is 18.9. The molecule has 11 aromatic carbocycles. The van der Waals surface area contributed by atoms with E-state index in [2.05, 4.69) is 243 Å². The Bertz CT molecular complexity index is 3870. The molecule has 0 spiro atoms. The Morgan fingerprint density at radius 1 is 0.273 bits per heavy atom. The summed E-state index contributed by atoms with van der Waals surface area (Å²) in [5.74, 6) is 0. The Labute approximate surface area is 383 Å². The van der Waals surface area contributed by atoms with E-state index in [0.717, 1.165) is 0 Å². The van der Waals surface area contributed by atoms with Gasteiger partial charge in [-0.1, -0.05) is 184 Å². The van der Waals surface area contributed by atoms with E-state index >= 15 is 0 Å². The van der Waals surface area contributed by atoms with E-state index in [9.17, 15) is 0 Å². The summed E-state index contributed by atoms with van der Waals surface area (Å²) < 4.78 is 2.56. The van der Waals surface area contributed by atoms with Crippen molar-refractivity contribution in [1.29, 1.82) is 0 Å². The number of hydrogen-bond donors (Lipinski definition) is 0. The summed E-state index contributed by atoms with van der Waals surface area (Å²) in [7, 11) is 0. The topological polar surface area (TPSA) is 4.41 Å². The summed E-state index contributed by atoms with van der Waals surface area (Å²) >= 11 is 0. The first-order valence-corrected chi connectivity index (χ1v) is 23.1. The Balaban J connectivity index is 0.964. The highest BCUT2D eigenvalue weighted by Crippen LogP contribution is 2.51. The third-order valence-electron chi connectivity index (χ3n) is 14.9. The number of fused-ring (bicyclic) bond motifs is 11. The Kier molecular flexibility index (Phi) is 7.81. The maximum absolute atomic E-state index is 2.56. The zero-order valence-corrected chi connectivity index (χ0v) is 36.8. The van der Waals surface area contributed by atoms with Gasteiger partial charge in [-0.2, -0.15) is 0 Å². The first-order valence-electron chi connectivity index (χ1n) is 23.1. The van der Waals surface area contributed by atoms with Gasteiger partial charge in [-0.05, 0) is 154 Å². The van der Waals surface area contributed by atoms with Crippen molar-refractivity contribution in [3.63, 3.8) is 0 Å². The molecule has 0 amide bonds. The molecular weight excluding hydrogens is 795 g/mol. The minimum Gasteiger partial charge on any atom is -0.308 e. The molecule has 0 saturated heterocycles. The zero-order chi connectivity index (χ0) is 43.7. The van der Waals surface area contributed by atoms with Gasteiger partial charge in [0.1, 0.15) is 0 Å². The molecule has 0 fully saturated rings. The van der Waals surface area contributed by atoms with E-state index in [4.69, 9.17) is 0 Å². The molecule has 0 bridgehead atoms. The van der Waals surface area contributed by atoms with Crippen LogP contribution in [-0.2, 0) is 5.41 Å². The third-order valence-corrected chi connectivity index (χ3v) is 14.9. The highest BCUT2D eigenvalue weighted by atomic mass is 14.9. The lowest BCUT2D eigenvalue weighted by molar-refractivity contribution is 0.660. The van der Waals surface area contributed by atoms with Gasteiger partial charge in [-0.15, -0.1) is 0 Å². The van der Waals surface area contributed by atoms with Crippen LogP contribution < -0.4 is 0 Å². The van der Waals surface area contributed by atoms with Crippen molar-refractivity contribution in [2.24, 2.45) is 0 Å². The van der Waals surface area contributed by atoms with Crippen molar-refractivity contribution in [2.45, 2.75) is 19.3 Å². The molecule has 0 saturated carbocycles. The van der Waals surface area contributed by atoms with Crippen molar-refractivity contribution in [1.82, 2.24) is 4.40 Å². The molecule has 66 heavy (non-hydrogen) atoms. The molecule has 0 atom stereocenters. The van der Waals surface area contributed by atoms with Crippen LogP contribution in [0.5, 0.6) is 0 Å². The minimum atomic E-state index is -0.0745.